The van der Waals surface area contributed by atoms with Crippen LogP contribution in [0.15, 0.2) is 73.1 Å². The first-order valence-electron chi connectivity index (χ1n) is 14.9. The van der Waals surface area contributed by atoms with Crippen molar-refractivity contribution in [1.29, 1.82) is 0 Å². The second-order valence-electron chi connectivity index (χ2n) is 11.6. The molecule has 2 bridgehead atoms. The Bertz CT molecular complexity index is 1550. The van der Waals surface area contributed by atoms with Crippen LogP contribution in [0, 0.1) is 6.92 Å². The molecule has 4 aromatic rings. The number of rotatable bonds is 11. The van der Waals surface area contributed by atoms with E-state index in [1.54, 1.807) is 19.4 Å². The van der Waals surface area contributed by atoms with Gasteiger partial charge in [-0.25, -0.2) is 0 Å². The Kier molecular flexibility index (Phi) is 8.35. The molecule has 218 valence electrons. The van der Waals surface area contributed by atoms with E-state index in [9.17, 15) is 9.59 Å². The van der Waals surface area contributed by atoms with Crippen molar-refractivity contribution in [3.8, 4) is 5.75 Å². The van der Waals surface area contributed by atoms with Crippen molar-refractivity contribution in [2.75, 3.05) is 33.3 Å². The summed E-state index contributed by atoms with van der Waals surface area (Å²) in [7, 11) is 1.68. The highest BCUT2D eigenvalue weighted by Gasteiger charge is 2.39. The molecule has 2 aliphatic rings. The van der Waals surface area contributed by atoms with Gasteiger partial charge in [0.1, 0.15) is 11.4 Å². The summed E-state index contributed by atoms with van der Waals surface area (Å²) in [5.41, 5.74) is 4.44. The van der Waals surface area contributed by atoms with E-state index in [4.69, 9.17) is 4.74 Å². The molecule has 2 aromatic carbocycles. The Morgan fingerprint density at radius 1 is 1.00 bits per heavy atom. The van der Waals surface area contributed by atoms with E-state index >= 15 is 0 Å². The molecule has 8 heteroatoms. The second-order valence-corrected chi connectivity index (χ2v) is 11.6. The molecule has 8 nitrogen and oxygen atoms in total. The molecule has 2 saturated heterocycles. The molecule has 1 amide bonds. The zero-order chi connectivity index (χ0) is 29.1. The lowest BCUT2D eigenvalue weighted by atomic mass is 10.1. The molecule has 42 heavy (non-hydrogen) atoms. The van der Waals surface area contributed by atoms with Crippen LogP contribution in [0.2, 0.25) is 0 Å². The standard InChI is InChI=1S/C34H39N5O3/c1-24-8-5-9-25(18-24)19-36-34(41)29-22-38(33-28(29)10-6-12-32(33)42-2)16-7-17-39-26-13-14-27(39)21-37(20-26)23-31(40)30-11-3-4-15-35-30/h3-6,8-12,15,18,22,26-27H,7,13-14,16-17,19-21,23H2,1-2H3,(H,36,41). The Morgan fingerprint density at radius 3 is 2.55 bits per heavy atom. The average molecular weight is 566 g/mol. The molecule has 2 atom stereocenters. The Morgan fingerprint density at radius 2 is 1.81 bits per heavy atom. The third kappa shape index (κ3) is 5.96. The molecule has 6 rings (SSSR count). The van der Waals surface area contributed by atoms with Crippen LogP contribution < -0.4 is 10.1 Å². The lowest BCUT2D eigenvalue weighted by molar-refractivity contribution is 0.0586. The van der Waals surface area contributed by atoms with Crippen LogP contribution in [0.3, 0.4) is 0 Å². The van der Waals surface area contributed by atoms with E-state index in [1.165, 1.54) is 18.4 Å². The monoisotopic (exact) mass is 565 g/mol. The average Bonchev–Trinajstić information content (AvgIpc) is 3.49. The fourth-order valence-electron chi connectivity index (χ4n) is 6.75. The van der Waals surface area contributed by atoms with Crippen molar-refractivity contribution in [2.24, 2.45) is 0 Å². The maximum Gasteiger partial charge on any atom is 0.253 e. The fraction of sp³-hybridized carbons (Fsp3) is 0.382. The maximum absolute atomic E-state index is 13.3. The minimum absolute atomic E-state index is 0.0806. The van der Waals surface area contributed by atoms with Crippen molar-refractivity contribution in [3.05, 3.63) is 95.4 Å². The number of hydrogen-bond donors (Lipinski definition) is 1. The summed E-state index contributed by atoms with van der Waals surface area (Å²) >= 11 is 0. The van der Waals surface area contributed by atoms with Gasteiger partial charge >= 0.3 is 0 Å². The zero-order valence-electron chi connectivity index (χ0n) is 24.5. The van der Waals surface area contributed by atoms with Crippen LogP contribution in [0.25, 0.3) is 10.9 Å². The highest BCUT2D eigenvalue weighted by atomic mass is 16.5. The first-order valence-corrected chi connectivity index (χ1v) is 14.9. The van der Waals surface area contributed by atoms with Gasteiger partial charge in [0.05, 0.1) is 24.7 Å². The Labute approximate surface area is 247 Å². The lowest BCUT2D eigenvalue weighted by Crippen LogP contribution is -2.54. The number of ether oxygens (including phenoxy) is 1. The van der Waals surface area contributed by atoms with E-state index in [1.807, 2.05) is 48.7 Å². The molecule has 2 fully saturated rings. The molecular weight excluding hydrogens is 526 g/mol. The molecule has 1 N–H and O–H groups in total. The van der Waals surface area contributed by atoms with E-state index in [0.29, 0.717) is 36.4 Å². The lowest BCUT2D eigenvalue weighted by Gasteiger charge is -2.40. The second kappa shape index (κ2) is 12.5. The van der Waals surface area contributed by atoms with Gasteiger partial charge in [-0.15, -0.1) is 0 Å². The molecule has 4 heterocycles. The predicted octanol–water partition coefficient (Wildman–Crippen LogP) is 4.70. The zero-order valence-corrected chi connectivity index (χ0v) is 24.5. The number of benzene rings is 2. The highest BCUT2D eigenvalue weighted by Crippen LogP contribution is 2.32. The van der Waals surface area contributed by atoms with Crippen molar-refractivity contribution >= 4 is 22.6 Å². The van der Waals surface area contributed by atoms with Gasteiger partial charge in [-0.3, -0.25) is 24.4 Å². The summed E-state index contributed by atoms with van der Waals surface area (Å²) in [6.07, 6.45) is 6.97. The number of amides is 1. The van der Waals surface area contributed by atoms with Crippen molar-refractivity contribution < 1.29 is 14.3 Å². The van der Waals surface area contributed by atoms with Gasteiger partial charge in [0.25, 0.3) is 5.91 Å². The third-order valence-electron chi connectivity index (χ3n) is 8.70. The number of para-hydroxylation sites is 1. The minimum atomic E-state index is -0.0806. The van der Waals surface area contributed by atoms with Gasteiger partial charge in [0, 0.05) is 62.6 Å². The number of ketones is 1. The quantitative estimate of drug-likeness (QED) is 0.266. The van der Waals surface area contributed by atoms with E-state index < -0.39 is 0 Å². The smallest absolute Gasteiger partial charge is 0.253 e. The maximum atomic E-state index is 13.3. The van der Waals surface area contributed by atoms with Crippen molar-refractivity contribution in [2.45, 2.75) is 51.4 Å². The normalized spacial score (nSPS) is 18.8. The van der Waals surface area contributed by atoms with Crippen molar-refractivity contribution in [1.82, 2.24) is 24.7 Å². The number of nitrogens with one attached hydrogen (secondary N) is 1. The molecule has 2 unspecified atom stereocenters. The summed E-state index contributed by atoms with van der Waals surface area (Å²) in [5, 5.41) is 4.01. The van der Waals surface area contributed by atoms with Gasteiger partial charge in [-0.2, -0.15) is 0 Å². The van der Waals surface area contributed by atoms with E-state index in [2.05, 4.69) is 43.7 Å². The fourth-order valence-corrected chi connectivity index (χ4v) is 6.75. The minimum Gasteiger partial charge on any atom is -0.495 e. The largest absolute Gasteiger partial charge is 0.495 e. The number of aryl methyl sites for hydroxylation is 2. The predicted molar refractivity (Wildman–Crippen MR) is 164 cm³/mol. The van der Waals surface area contributed by atoms with Crippen LogP contribution in [0.1, 0.15) is 51.2 Å². The van der Waals surface area contributed by atoms with Gasteiger partial charge in [0.2, 0.25) is 0 Å². The molecule has 2 aromatic heterocycles. The highest BCUT2D eigenvalue weighted by molar-refractivity contribution is 6.08. The number of nitrogens with zero attached hydrogens (tertiary/aromatic N) is 4. The molecule has 0 aliphatic carbocycles. The van der Waals surface area contributed by atoms with E-state index in [0.717, 1.165) is 54.8 Å². The third-order valence-corrected chi connectivity index (χ3v) is 8.70. The molecule has 2 aliphatic heterocycles. The summed E-state index contributed by atoms with van der Waals surface area (Å²) < 4.78 is 7.90. The summed E-state index contributed by atoms with van der Waals surface area (Å²) in [6, 6.07) is 20.5. The number of likely N-dealkylation sites (tertiary alicyclic amines) is 1. The molecular formula is C34H39N5O3. The molecule has 0 saturated carbocycles. The topological polar surface area (TPSA) is 79.7 Å². The number of fused-ring (bicyclic) bond motifs is 3. The van der Waals surface area contributed by atoms with Crippen LogP contribution in [-0.2, 0) is 13.1 Å². The summed E-state index contributed by atoms with van der Waals surface area (Å²) in [4.78, 5) is 35.2. The Balaban J connectivity index is 1.10. The number of carbonyl (C=O) groups is 2. The summed E-state index contributed by atoms with van der Waals surface area (Å²) in [6.45, 7) is 6.59. The first kappa shape index (κ1) is 28.1. The number of piperazine rings is 1. The molecule has 0 spiro atoms. The number of hydrogen-bond acceptors (Lipinski definition) is 6. The number of carbonyl (C=O) groups excluding carboxylic acids is 2. The van der Waals surface area contributed by atoms with Gasteiger partial charge in [0.15, 0.2) is 5.78 Å². The SMILES string of the molecule is COc1cccc2c(C(=O)NCc3cccc(C)c3)cn(CCCN3C4CCC3CN(CC(=O)c3ccccn3)C4)c12. The summed E-state index contributed by atoms with van der Waals surface area (Å²) in [5.74, 6) is 0.787. The van der Waals surface area contributed by atoms with Crippen LogP contribution in [0.4, 0.5) is 0 Å². The van der Waals surface area contributed by atoms with Crippen LogP contribution in [0.5, 0.6) is 5.75 Å². The number of pyridine rings is 1. The van der Waals surface area contributed by atoms with Crippen LogP contribution in [-0.4, -0.2) is 76.4 Å². The number of methoxy groups -OCH3 is 1. The first-order chi connectivity index (χ1) is 20.5. The van der Waals surface area contributed by atoms with Crippen LogP contribution >= 0.6 is 0 Å². The van der Waals surface area contributed by atoms with Gasteiger partial charge in [-0.1, -0.05) is 48.0 Å². The molecule has 0 radical (unpaired) electrons. The number of Topliss-reactive ketones (excluding diaryl/α,β-unsaturated/α-hetero) is 1. The Hall–Kier alpha value is -4.01. The van der Waals surface area contributed by atoms with Gasteiger partial charge < -0.3 is 14.6 Å². The van der Waals surface area contributed by atoms with Crippen molar-refractivity contribution in [3.63, 3.8) is 0 Å². The number of aromatic nitrogens is 2. The van der Waals surface area contributed by atoms with E-state index in [-0.39, 0.29) is 11.7 Å². The van der Waals surface area contributed by atoms with Gasteiger partial charge in [-0.05, 0) is 49.9 Å².